The van der Waals surface area contributed by atoms with Crippen molar-refractivity contribution in [3.05, 3.63) is 63.5 Å². The van der Waals surface area contributed by atoms with E-state index in [2.05, 4.69) is 25.7 Å². The Morgan fingerprint density at radius 2 is 1.88 bits per heavy atom. The third-order valence-corrected chi connectivity index (χ3v) is 6.03. The molecule has 1 aliphatic rings. The van der Waals surface area contributed by atoms with Gasteiger partial charge in [-0.3, -0.25) is 9.69 Å². The van der Waals surface area contributed by atoms with Crippen molar-refractivity contribution in [3.8, 4) is 16.9 Å². The fraction of sp³-hybridized carbons (Fsp3) is 0.444. The molecule has 1 saturated heterocycles. The van der Waals surface area contributed by atoms with Crippen molar-refractivity contribution < 1.29 is 9.15 Å². The number of hydrogen-bond acceptors (Lipinski definition) is 4. The molecule has 1 aliphatic heterocycles. The van der Waals surface area contributed by atoms with Gasteiger partial charge in [0.1, 0.15) is 23.2 Å². The molecule has 0 unspecified atom stereocenters. The van der Waals surface area contributed by atoms with E-state index in [1.165, 1.54) is 0 Å². The van der Waals surface area contributed by atoms with Gasteiger partial charge in [-0.05, 0) is 41.7 Å². The van der Waals surface area contributed by atoms with Gasteiger partial charge in [-0.1, -0.05) is 58.4 Å². The van der Waals surface area contributed by atoms with Crippen molar-refractivity contribution in [2.75, 3.05) is 19.6 Å². The molecule has 2 heterocycles. The van der Waals surface area contributed by atoms with Gasteiger partial charge in [-0.2, -0.15) is 0 Å². The number of rotatable bonds is 5. The van der Waals surface area contributed by atoms with Crippen molar-refractivity contribution in [3.63, 3.8) is 0 Å². The minimum absolute atomic E-state index is 0.0268. The van der Waals surface area contributed by atoms with Crippen LogP contribution in [0.25, 0.3) is 22.1 Å². The van der Waals surface area contributed by atoms with Gasteiger partial charge in [-0.15, -0.1) is 0 Å². The molecule has 4 nitrogen and oxygen atoms in total. The zero-order chi connectivity index (χ0) is 23.0. The Morgan fingerprint density at radius 1 is 1.16 bits per heavy atom. The van der Waals surface area contributed by atoms with E-state index in [0.717, 1.165) is 37.4 Å². The second-order valence-corrected chi connectivity index (χ2v) is 10.8. The molecule has 0 saturated carbocycles. The predicted octanol–water partition coefficient (Wildman–Crippen LogP) is 6.74. The Hall–Kier alpha value is -2.30. The van der Waals surface area contributed by atoms with Crippen molar-refractivity contribution in [2.45, 2.75) is 53.1 Å². The zero-order valence-electron chi connectivity index (χ0n) is 19.6. The molecular formula is C27H32ClNO3. The maximum Gasteiger partial charge on any atom is 0.200 e. The van der Waals surface area contributed by atoms with Gasteiger partial charge in [0, 0.05) is 36.6 Å². The van der Waals surface area contributed by atoms with Gasteiger partial charge in [0.05, 0.1) is 10.9 Å². The number of fused-ring (bicyclic) bond motifs is 1. The molecule has 170 valence electrons. The summed E-state index contributed by atoms with van der Waals surface area (Å²) in [5.41, 5.74) is 2.24. The first-order chi connectivity index (χ1) is 15.1. The first-order valence-electron chi connectivity index (χ1n) is 11.4. The highest BCUT2D eigenvalue weighted by Gasteiger charge is 2.27. The molecule has 3 aromatic rings. The third kappa shape index (κ3) is 5.02. The van der Waals surface area contributed by atoms with E-state index >= 15 is 0 Å². The average molecular weight is 454 g/mol. The van der Waals surface area contributed by atoms with Crippen molar-refractivity contribution in [2.24, 2.45) is 5.41 Å². The van der Waals surface area contributed by atoms with Gasteiger partial charge in [0.25, 0.3) is 0 Å². The number of benzene rings is 2. The molecule has 5 heteroatoms. The Bertz CT molecular complexity index is 1160. The first kappa shape index (κ1) is 22.9. The van der Waals surface area contributed by atoms with Gasteiger partial charge in [-0.25, -0.2) is 0 Å². The molecule has 0 spiro atoms. The highest BCUT2D eigenvalue weighted by atomic mass is 35.5. The van der Waals surface area contributed by atoms with E-state index in [4.69, 9.17) is 20.8 Å². The molecule has 0 aliphatic carbocycles. The summed E-state index contributed by atoms with van der Waals surface area (Å²) >= 11 is 6.05. The summed E-state index contributed by atoms with van der Waals surface area (Å²) < 4.78 is 12.6. The molecule has 1 atom stereocenters. The van der Waals surface area contributed by atoms with E-state index in [0.29, 0.717) is 27.3 Å². The van der Waals surface area contributed by atoms with Crippen LogP contribution in [-0.2, 0) is 0 Å². The Labute approximate surface area is 195 Å². The lowest BCUT2D eigenvalue weighted by atomic mass is 9.96. The molecule has 1 aromatic heterocycles. The van der Waals surface area contributed by atoms with Crippen LogP contribution in [0.3, 0.4) is 0 Å². The van der Waals surface area contributed by atoms with E-state index in [-0.39, 0.29) is 22.9 Å². The minimum atomic E-state index is -0.0268. The van der Waals surface area contributed by atoms with Crippen molar-refractivity contribution in [1.82, 2.24) is 4.90 Å². The predicted molar refractivity (Wildman–Crippen MR) is 132 cm³/mol. The summed E-state index contributed by atoms with van der Waals surface area (Å²) in [6, 6.07) is 12.9. The van der Waals surface area contributed by atoms with E-state index in [9.17, 15) is 4.79 Å². The van der Waals surface area contributed by atoms with Crippen LogP contribution in [0.1, 0.15) is 52.7 Å². The van der Waals surface area contributed by atoms with E-state index in [1.807, 2.05) is 44.2 Å². The molecule has 2 aromatic carbocycles. The minimum Gasteiger partial charge on any atom is -0.489 e. The van der Waals surface area contributed by atoms with E-state index in [1.54, 1.807) is 12.1 Å². The second kappa shape index (κ2) is 8.92. The van der Waals surface area contributed by atoms with Crippen molar-refractivity contribution >= 4 is 22.6 Å². The van der Waals surface area contributed by atoms with Crippen LogP contribution in [0, 0.1) is 5.41 Å². The van der Waals surface area contributed by atoms with Crippen LogP contribution >= 0.6 is 11.6 Å². The summed E-state index contributed by atoms with van der Waals surface area (Å²) in [5, 5.41) is 1.20. The van der Waals surface area contributed by atoms with Crippen molar-refractivity contribution in [1.29, 1.82) is 0 Å². The van der Waals surface area contributed by atoms with Crippen LogP contribution in [0.2, 0.25) is 5.02 Å². The van der Waals surface area contributed by atoms with E-state index < -0.39 is 0 Å². The van der Waals surface area contributed by atoms with Crippen LogP contribution in [0.15, 0.2) is 51.7 Å². The zero-order valence-corrected chi connectivity index (χ0v) is 20.3. The molecule has 0 bridgehead atoms. The fourth-order valence-corrected chi connectivity index (χ4v) is 4.59. The summed E-state index contributed by atoms with van der Waals surface area (Å²) in [5.74, 6) is 1.49. The van der Waals surface area contributed by atoms with Gasteiger partial charge in [0.15, 0.2) is 0 Å². The number of nitrogens with zero attached hydrogens (tertiary/aromatic N) is 1. The molecule has 1 fully saturated rings. The number of likely N-dealkylation sites (tertiary alicyclic amines) is 1. The average Bonchev–Trinajstić information content (AvgIpc) is 3.13. The molecule has 0 N–H and O–H groups in total. The standard InChI is InChI=1S/C27H32ClNO3/c1-17(2)26-24(18-6-8-19(28)9-7-18)25(30)22-11-10-20(14-23(22)32-26)31-21-12-13-29(15-21)16-27(3,4)5/h6-11,14,17,21H,12-13,15-16H2,1-5H3/t21-/m1/s1. The molecular weight excluding hydrogens is 422 g/mol. The molecule has 4 rings (SSSR count). The highest BCUT2D eigenvalue weighted by Crippen LogP contribution is 2.32. The second-order valence-electron chi connectivity index (χ2n) is 10.3. The van der Waals surface area contributed by atoms with Gasteiger partial charge >= 0.3 is 0 Å². The summed E-state index contributed by atoms with van der Waals surface area (Å²) in [6.45, 7) is 13.9. The van der Waals surface area contributed by atoms with Crippen LogP contribution in [0.5, 0.6) is 5.75 Å². The lowest BCUT2D eigenvalue weighted by Crippen LogP contribution is -2.32. The molecule has 0 radical (unpaired) electrons. The highest BCUT2D eigenvalue weighted by molar-refractivity contribution is 6.30. The lowest BCUT2D eigenvalue weighted by Gasteiger charge is -2.26. The monoisotopic (exact) mass is 453 g/mol. The Morgan fingerprint density at radius 3 is 2.53 bits per heavy atom. The van der Waals surface area contributed by atoms with Crippen LogP contribution in [-0.4, -0.2) is 30.6 Å². The SMILES string of the molecule is CC(C)c1oc2cc(O[C@@H]3CCN(CC(C)(C)C)C3)ccc2c(=O)c1-c1ccc(Cl)cc1. The summed E-state index contributed by atoms with van der Waals surface area (Å²) in [7, 11) is 0. The summed E-state index contributed by atoms with van der Waals surface area (Å²) in [6.07, 6.45) is 1.16. The van der Waals surface area contributed by atoms with Gasteiger partial charge < -0.3 is 9.15 Å². The quantitative estimate of drug-likeness (QED) is 0.429. The normalized spacial score (nSPS) is 17.4. The molecule has 32 heavy (non-hydrogen) atoms. The van der Waals surface area contributed by atoms with Crippen LogP contribution in [0.4, 0.5) is 0 Å². The molecule has 0 amide bonds. The topological polar surface area (TPSA) is 42.7 Å². The third-order valence-electron chi connectivity index (χ3n) is 5.78. The first-order valence-corrected chi connectivity index (χ1v) is 11.7. The number of halogens is 1. The number of hydrogen-bond donors (Lipinski definition) is 0. The smallest absolute Gasteiger partial charge is 0.200 e. The maximum atomic E-state index is 13.4. The Kier molecular flexibility index (Phi) is 6.37. The summed E-state index contributed by atoms with van der Waals surface area (Å²) in [4.78, 5) is 15.9. The largest absolute Gasteiger partial charge is 0.489 e. The maximum absolute atomic E-state index is 13.4. The fourth-order valence-electron chi connectivity index (χ4n) is 4.46. The van der Waals surface area contributed by atoms with Gasteiger partial charge in [0.2, 0.25) is 5.43 Å². The van der Waals surface area contributed by atoms with Crippen LogP contribution < -0.4 is 10.2 Å². The number of ether oxygens (including phenoxy) is 1. The lowest BCUT2D eigenvalue weighted by molar-refractivity contribution is 0.177. The Balaban J connectivity index is 1.64.